The van der Waals surface area contributed by atoms with Crippen molar-refractivity contribution in [1.29, 1.82) is 0 Å². The monoisotopic (exact) mass is 335 g/mol. The molecule has 2 aromatic rings. The molecule has 20 heavy (non-hydrogen) atoms. The Labute approximate surface area is 127 Å². The third-order valence-corrected chi connectivity index (χ3v) is 3.68. The maximum atomic E-state index is 10.2. The van der Waals surface area contributed by atoms with Crippen LogP contribution in [0.4, 0.5) is 0 Å². The third-order valence-electron chi connectivity index (χ3n) is 3.19. The van der Waals surface area contributed by atoms with Crippen LogP contribution in [0.5, 0.6) is 5.75 Å². The number of nitrogens with zero attached hydrogens (tertiary/aromatic N) is 1. The Kier molecular flexibility index (Phi) is 5.56. The fraction of sp³-hybridized carbons (Fsp3) is 0.312. The summed E-state index contributed by atoms with van der Waals surface area (Å²) in [6, 6.07) is 9.78. The average molecular weight is 336 g/mol. The summed E-state index contributed by atoms with van der Waals surface area (Å²) in [5.41, 5.74) is 2.16. The minimum absolute atomic E-state index is 0.390. The van der Waals surface area contributed by atoms with Gasteiger partial charge in [-0.15, -0.1) is 0 Å². The average Bonchev–Trinajstić information content (AvgIpc) is 2.46. The molecule has 2 rings (SSSR count). The number of aromatic nitrogens is 1. The number of pyridine rings is 1. The fourth-order valence-corrected chi connectivity index (χ4v) is 2.55. The van der Waals surface area contributed by atoms with Crippen LogP contribution in [0.3, 0.4) is 0 Å². The molecule has 3 nitrogen and oxygen atoms in total. The van der Waals surface area contributed by atoms with Gasteiger partial charge in [-0.2, -0.15) is 0 Å². The molecule has 0 saturated carbocycles. The Balaban J connectivity index is 1.94. The topological polar surface area (TPSA) is 42.4 Å². The first-order valence-electron chi connectivity index (χ1n) is 6.58. The van der Waals surface area contributed by atoms with Crippen molar-refractivity contribution in [2.24, 2.45) is 0 Å². The largest absolute Gasteiger partial charge is 0.496 e. The summed E-state index contributed by atoms with van der Waals surface area (Å²) in [6.45, 7) is 0. The molecular formula is C16H18BrNO2. The number of hydrogen-bond donors (Lipinski definition) is 1. The number of benzene rings is 1. The van der Waals surface area contributed by atoms with Gasteiger partial charge < -0.3 is 9.84 Å². The molecule has 0 aliphatic heterocycles. The summed E-state index contributed by atoms with van der Waals surface area (Å²) < 4.78 is 6.32. The van der Waals surface area contributed by atoms with E-state index in [4.69, 9.17) is 4.74 Å². The lowest BCUT2D eigenvalue weighted by molar-refractivity contribution is 0.164. The van der Waals surface area contributed by atoms with Gasteiger partial charge in [0.25, 0.3) is 0 Å². The summed E-state index contributed by atoms with van der Waals surface area (Å²) in [6.07, 6.45) is 5.33. The van der Waals surface area contributed by atoms with Crippen molar-refractivity contribution in [2.45, 2.75) is 25.4 Å². The summed E-state index contributed by atoms with van der Waals surface area (Å²) in [5.74, 6) is 0.814. The predicted molar refractivity (Wildman–Crippen MR) is 83.0 cm³/mol. The molecule has 0 fully saturated rings. The Morgan fingerprint density at radius 2 is 2.20 bits per heavy atom. The molecule has 106 valence electrons. The molecule has 0 bridgehead atoms. The third kappa shape index (κ3) is 4.32. The van der Waals surface area contributed by atoms with Crippen molar-refractivity contribution in [3.8, 4) is 5.75 Å². The maximum Gasteiger partial charge on any atom is 0.122 e. The van der Waals surface area contributed by atoms with Gasteiger partial charge in [0.1, 0.15) is 5.75 Å². The van der Waals surface area contributed by atoms with E-state index in [1.807, 2.05) is 36.5 Å². The first-order valence-corrected chi connectivity index (χ1v) is 7.37. The number of aryl methyl sites for hydroxylation is 1. The van der Waals surface area contributed by atoms with Crippen molar-refractivity contribution in [2.75, 3.05) is 7.11 Å². The van der Waals surface area contributed by atoms with Crippen molar-refractivity contribution < 1.29 is 9.84 Å². The molecule has 0 amide bonds. The zero-order valence-corrected chi connectivity index (χ0v) is 13.0. The second-order valence-electron chi connectivity index (χ2n) is 4.71. The lowest BCUT2D eigenvalue weighted by Gasteiger charge is -2.14. The lowest BCUT2D eigenvalue weighted by atomic mass is 10.0. The second kappa shape index (κ2) is 7.41. The molecule has 0 aliphatic rings. The van der Waals surface area contributed by atoms with Crippen molar-refractivity contribution in [3.05, 3.63) is 58.3 Å². The van der Waals surface area contributed by atoms with Gasteiger partial charge in [0.2, 0.25) is 0 Å². The van der Waals surface area contributed by atoms with Gasteiger partial charge in [-0.3, -0.25) is 4.98 Å². The number of halogens is 1. The first kappa shape index (κ1) is 15.0. The Morgan fingerprint density at radius 1 is 1.35 bits per heavy atom. The van der Waals surface area contributed by atoms with Gasteiger partial charge in [-0.1, -0.05) is 22.0 Å². The Bertz CT molecular complexity index is 545. The van der Waals surface area contributed by atoms with E-state index < -0.39 is 6.10 Å². The molecule has 1 unspecified atom stereocenters. The standard InChI is InChI=1S/C16H18BrNO2/c1-20-16-7-5-14(17)9-13(16)10-15(19)6-4-12-3-2-8-18-11-12/h2-3,5,7-9,11,15,19H,4,6,10H2,1H3. The van der Waals surface area contributed by atoms with Gasteiger partial charge in [-0.25, -0.2) is 0 Å². The van der Waals surface area contributed by atoms with E-state index >= 15 is 0 Å². The highest BCUT2D eigenvalue weighted by Gasteiger charge is 2.11. The normalized spacial score (nSPS) is 12.2. The van der Waals surface area contributed by atoms with Gasteiger partial charge in [0.15, 0.2) is 0 Å². The highest BCUT2D eigenvalue weighted by atomic mass is 79.9. The second-order valence-corrected chi connectivity index (χ2v) is 5.63. The molecule has 1 N–H and O–H groups in total. The first-order chi connectivity index (χ1) is 9.69. The van der Waals surface area contributed by atoms with E-state index in [9.17, 15) is 5.11 Å². The molecule has 1 aromatic carbocycles. The van der Waals surface area contributed by atoms with E-state index in [1.54, 1.807) is 13.3 Å². The summed E-state index contributed by atoms with van der Waals surface area (Å²) in [5, 5.41) is 10.2. The van der Waals surface area contributed by atoms with Crippen LogP contribution < -0.4 is 4.74 Å². The van der Waals surface area contributed by atoms with Crippen molar-refractivity contribution >= 4 is 15.9 Å². The molecule has 4 heteroatoms. The minimum atomic E-state index is -0.390. The number of aliphatic hydroxyl groups excluding tert-OH is 1. The number of rotatable bonds is 6. The van der Waals surface area contributed by atoms with Crippen LogP contribution in [0.25, 0.3) is 0 Å². The lowest BCUT2D eigenvalue weighted by Crippen LogP contribution is -2.12. The summed E-state index contributed by atoms with van der Waals surface area (Å²) >= 11 is 3.45. The zero-order chi connectivity index (χ0) is 14.4. The smallest absolute Gasteiger partial charge is 0.122 e. The molecule has 0 spiro atoms. The molecule has 1 atom stereocenters. The molecule has 0 radical (unpaired) electrons. The quantitative estimate of drug-likeness (QED) is 0.879. The number of methoxy groups -OCH3 is 1. The molecule has 1 heterocycles. The molecule has 0 saturated heterocycles. The molecule has 1 aromatic heterocycles. The van der Waals surface area contributed by atoms with Crippen LogP contribution in [-0.4, -0.2) is 23.3 Å². The molecular weight excluding hydrogens is 318 g/mol. The van der Waals surface area contributed by atoms with Crippen molar-refractivity contribution in [3.63, 3.8) is 0 Å². The van der Waals surface area contributed by atoms with Crippen LogP contribution in [-0.2, 0) is 12.8 Å². The number of aliphatic hydroxyl groups is 1. The zero-order valence-electron chi connectivity index (χ0n) is 11.4. The van der Waals surface area contributed by atoms with Gasteiger partial charge >= 0.3 is 0 Å². The van der Waals surface area contributed by atoms with Crippen LogP contribution in [0.2, 0.25) is 0 Å². The Morgan fingerprint density at radius 3 is 2.90 bits per heavy atom. The van der Waals surface area contributed by atoms with Crippen LogP contribution in [0, 0.1) is 0 Å². The number of ether oxygens (including phenoxy) is 1. The van der Waals surface area contributed by atoms with E-state index in [1.165, 1.54) is 0 Å². The predicted octanol–water partition coefficient (Wildman–Crippen LogP) is 3.39. The Hall–Kier alpha value is -1.39. The number of hydrogen-bond acceptors (Lipinski definition) is 3. The summed E-state index contributed by atoms with van der Waals surface area (Å²) in [7, 11) is 1.65. The van der Waals surface area contributed by atoms with Crippen LogP contribution in [0.1, 0.15) is 17.5 Å². The maximum absolute atomic E-state index is 10.2. The van der Waals surface area contributed by atoms with Crippen LogP contribution >= 0.6 is 15.9 Å². The van der Waals surface area contributed by atoms with Crippen LogP contribution in [0.15, 0.2) is 47.2 Å². The van der Waals surface area contributed by atoms with E-state index in [0.717, 1.165) is 27.8 Å². The van der Waals surface area contributed by atoms with Gasteiger partial charge in [0, 0.05) is 23.3 Å². The highest BCUT2D eigenvalue weighted by molar-refractivity contribution is 9.10. The highest BCUT2D eigenvalue weighted by Crippen LogP contribution is 2.24. The SMILES string of the molecule is COc1ccc(Br)cc1CC(O)CCc1cccnc1. The fourth-order valence-electron chi connectivity index (χ4n) is 2.14. The van der Waals surface area contributed by atoms with E-state index in [-0.39, 0.29) is 0 Å². The molecule has 0 aliphatic carbocycles. The summed E-state index contributed by atoms with van der Waals surface area (Å²) in [4.78, 5) is 4.08. The van der Waals surface area contributed by atoms with Gasteiger partial charge in [-0.05, 0) is 48.2 Å². The minimum Gasteiger partial charge on any atom is -0.496 e. The van der Waals surface area contributed by atoms with Crippen molar-refractivity contribution in [1.82, 2.24) is 4.98 Å². The van der Waals surface area contributed by atoms with Gasteiger partial charge in [0.05, 0.1) is 13.2 Å². The van der Waals surface area contributed by atoms with E-state index in [2.05, 4.69) is 20.9 Å². The van der Waals surface area contributed by atoms with E-state index in [0.29, 0.717) is 12.8 Å².